The second-order valence-corrected chi connectivity index (χ2v) is 17.5. The quantitative estimate of drug-likeness (QED) is 0.128. The molecule has 3 saturated carbocycles. The highest BCUT2D eigenvalue weighted by molar-refractivity contribution is 7.71. The van der Waals surface area contributed by atoms with E-state index in [4.69, 9.17) is 26.5 Å². The number of pyridine rings is 1. The van der Waals surface area contributed by atoms with Crippen LogP contribution in [-0.4, -0.2) is 29.7 Å². The van der Waals surface area contributed by atoms with Crippen molar-refractivity contribution in [1.82, 2.24) is 4.73 Å². The Morgan fingerprint density at radius 2 is 1.83 bits per heavy atom. The number of nitrogens with zero attached hydrogens (tertiary/aromatic N) is 1. The third-order valence-corrected chi connectivity index (χ3v) is 13.6. The molecule has 0 aromatic carbocycles. The molecule has 9 atom stereocenters. The van der Waals surface area contributed by atoms with Crippen molar-refractivity contribution in [3.8, 4) is 0 Å². The highest BCUT2D eigenvalue weighted by Crippen LogP contribution is 2.67. The fraction of sp³-hybridized carbons (Fsp3) is 0.800. The molecular weight excluding hydrogens is 591 g/mol. The van der Waals surface area contributed by atoms with Gasteiger partial charge >= 0.3 is 5.97 Å². The van der Waals surface area contributed by atoms with Crippen LogP contribution >= 0.6 is 12.2 Å². The lowest BCUT2D eigenvalue weighted by Gasteiger charge is -2.58. The first-order valence-electron chi connectivity index (χ1n) is 18.5. The third-order valence-electron chi connectivity index (χ3n) is 13.3. The van der Waals surface area contributed by atoms with Crippen LogP contribution in [-0.2, 0) is 20.7 Å². The lowest BCUT2D eigenvalue weighted by molar-refractivity contribution is -0.219. The van der Waals surface area contributed by atoms with Crippen molar-refractivity contribution in [3.63, 3.8) is 0 Å². The smallest absolute Gasteiger partial charge is 0.336 e. The molecule has 1 aromatic heterocycles. The molecule has 6 unspecified atom stereocenters. The highest BCUT2D eigenvalue weighted by atomic mass is 32.1. The van der Waals surface area contributed by atoms with Gasteiger partial charge in [-0.05, 0) is 143 Å². The molecule has 1 aromatic rings. The van der Waals surface area contributed by atoms with Crippen molar-refractivity contribution in [2.45, 2.75) is 144 Å². The van der Waals surface area contributed by atoms with E-state index in [0.29, 0.717) is 16.5 Å². The predicted molar refractivity (Wildman–Crippen MR) is 189 cm³/mol. The van der Waals surface area contributed by atoms with Crippen LogP contribution < -0.4 is 4.84 Å². The predicted octanol–water partition coefficient (Wildman–Crippen LogP) is 10.2. The fourth-order valence-corrected chi connectivity index (χ4v) is 10.9. The van der Waals surface area contributed by atoms with Gasteiger partial charge in [-0.25, -0.2) is 4.79 Å². The highest BCUT2D eigenvalue weighted by Gasteiger charge is 2.59. The van der Waals surface area contributed by atoms with E-state index in [1.165, 1.54) is 61.7 Å². The summed E-state index contributed by atoms with van der Waals surface area (Å²) in [5.74, 6) is 4.03. The minimum Gasteiger partial charge on any atom is -0.354 e. The summed E-state index contributed by atoms with van der Waals surface area (Å²) >= 11 is 5.63. The Kier molecular flexibility index (Phi) is 11.0. The summed E-state index contributed by atoms with van der Waals surface area (Å²) in [6.07, 6.45) is 18.7. The van der Waals surface area contributed by atoms with E-state index in [1.54, 1.807) is 13.3 Å². The molecule has 3 fully saturated rings. The molecule has 4 aliphatic carbocycles. The Bertz CT molecular complexity index is 1320. The molecule has 0 radical (unpaired) electrons. The molecule has 0 spiro atoms. The van der Waals surface area contributed by atoms with Crippen molar-refractivity contribution >= 4 is 18.2 Å². The molecule has 0 aliphatic heterocycles. The van der Waals surface area contributed by atoms with Crippen molar-refractivity contribution < 1.29 is 19.1 Å². The second-order valence-electron chi connectivity index (χ2n) is 17.1. The number of aromatic nitrogens is 1. The second kappa shape index (κ2) is 14.2. The Labute approximate surface area is 285 Å². The number of ether oxygens (including phenoxy) is 2. The average molecular weight is 654 g/mol. The molecule has 46 heavy (non-hydrogen) atoms. The Morgan fingerprint density at radius 1 is 1.07 bits per heavy atom. The number of carbonyl (C=O) groups excluding carboxylic acids is 1. The Morgan fingerprint density at radius 3 is 2.52 bits per heavy atom. The molecule has 0 N–H and O–H groups in total. The van der Waals surface area contributed by atoms with E-state index < -0.39 is 5.79 Å². The molecule has 0 amide bonds. The van der Waals surface area contributed by atoms with Crippen LogP contribution in [0.5, 0.6) is 0 Å². The minimum atomic E-state index is -0.645. The zero-order valence-electron chi connectivity index (χ0n) is 30.4. The van der Waals surface area contributed by atoms with E-state index in [-0.39, 0.29) is 23.4 Å². The van der Waals surface area contributed by atoms with E-state index in [9.17, 15) is 4.79 Å². The summed E-state index contributed by atoms with van der Waals surface area (Å²) in [6.45, 7) is 18.3. The summed E-state index contributed by atoms with van der Waals surface area (Å²) in [7, 11) is 1.65. The van der Waals surface area contributed by atoms with Crippen LogP contribution in [0.2, 0.25) is 0 Å². The van der Waals surface area contributed by atoms with Crippen molar-refractivity contribution in [2.75, 3.05) is 7.11 Å². The van der Waals surface area contributed by atoms with Crippen LogP contribution in [0.4, 0.5) is 0 Å². The van der Waals surface area contributed by atoms with Gasteiger partial charge in [-0.15, -0.1) is 0 Å². The minimum absolute atomic E-state index is 0.0428. The fourth-order valence-electron chi connectivity index (χ4n) is 10.7. The number of hydrogen-bond acceptors (Lipinski definition) is 5. The van der Waals surface area contributed by atoms with E-state index in [0.717, 1.165) is 60.3 Å². The van der Waals surface area contributed by atoms with Gasteiger partial charge in [0.05, 0.1) is 12.0 Å². The van der Waals surface area contributed by atoms with Gasteiger partial charge < -0.3 is 14.3 Å². The van der Waals surface area contributed by atoms with E-state index in [2.05, 4.69) is 40.7 Å². The summed E-state index contributed by atoms with van der Waals surface area (Å²) < 4.78 is 13.4. The van der Waals surface area contributed by atoms with Gasteiger partial charge in [0.1, 0.15) is 4.64 Å². The van der Waals surface area contributed by atoms with Crippen LogP contribution in [0.1, 0.15) is 132 Å². The molecule has 5 nitrogen and oxygen atoms in total. The van der Waals surface area contributed by atoms with Crippen molar-refractivity contribution in [1.29, 1.82) is 0 Å². The maximum Gasteiger partial charge on any atom is 0.336 e. The average Bonchev–Trinajstić information content (AvgIpc) is 3.35. The summed E-state index contributed by atoms with van der Waals surface area (Å²) in [6, 6.07) is 3.86. The topological polar surface area (TPSA) is 49.7 Å². The lowest BCUT2D eigenvalue weighted by atomic mass is 9.46. The number of methoxy groups -OCH3 is 1. The number of carbonyl (C=O) groups is 1. The molecule has 0 saturated heterocycles. The maximum atomic E-state index is 13.5. The van der Waals surface area contributed by atoms with Gasteiger partial charge in [0, 0.05) is 13.3 Å². The first-order valence-corrected chi connectivity index (χ1v) is 18.9. The monoisotopic (exact) mass is 653 g/mol. The van der Waals surface area contributed by atoms with Crippen LogP contribution in [0, 0.1) is 56.9 Å². The van der Waals surface area contributed by atoms with Gasteiger partial charge in [-0.3, -0.25) is 0 Å². The number of rotatable bonds is 12. The standard InChI is InChI=1S/C40H63NO4S/c1-26(2)11-10-12-27(3)33-15-16-34-32-14-13-31-25-30(17-20-39(31,7)35(32)18-21-40(33,34)8)37(42)45-41-22-19-29(24-36(41)46)23-28(4)44-38(5,6)43-9/h13,19,22,24,26-28,30,32-35H,10-12,14-18,20-21,23,25H2,1-9H3/t27-,28?,30?,32?,33-,34?,35?,39?,40-/m1/s1. The largest absolute Gasteiger partial charge is 0.354 e. The first kappa shape index (κ1) is 35.8. The molecule has 4 aliphatic rings. The van der Waals surface area contributed by atoms with Crippen LogP contribution in [0.3, 0.4) is 0 Å². The number of hydrogen-bond donors (Lipinski definition) is 0. The van der Waals surface area contributed by atoms with Gasteiger partial charge in [0.2, 0.25) is 0 Å². The molecule has 5 rings (SSSR count). The van der Waals surface area contributed by atoms with E-state index >= 15 is 0 Å². The molecule has 1 heterocycles. The zero-order valence-corrected chi connectivity index (χ0v) is 31.2. The van der Waals surface area contributed by atoms with Gasteiger partial charge in [-0.2, -0.15) is 4.73 Å². The summed E-state index contributed by atoms with van der Waals surface area (Å²) in [5, 5.41) is 0. The normalized spacial score (nSPS) is 33.9. The van der Waals surface area contributed by atoms with Crippen LogP contribution in [0.25, 0.3) is 0 Å². The third kappa shape index (κ3) is 7.39. The Hall–Kier alpha value is -1.50. The summed E-state index contributed by atoms with van der Waals surface area (Å²) in [5.41, 5.74) is 3.29. The van der Waals surface area contributed by atoms with Crippen LogP contribution in [0.15, 0.2) is 30.0 Å². The summed E-state index contributed by atoms with van der Waals surface area (Å²) in [4.78, 5) is 19.4. The van der Waals surface area contributed by atoms with E-state index in [1.807, 2.05) is 32.9 Å². The van der Waals surface area contributed by atoms with Gasteiger partial charge in [-0.1, -0.05) is 77.7 Å². The van der Waals surface area contributed by atoms with Crippen molar-refractivity contribution in [2.24, 2.45) is 52.3 Å². The zero-order chi connectivity index (χ0) is 33.4. The van der Waals surface area contributed by atoms with Gasteiger partial charge in [0.25, 0.3) is 0 Å². The number of allylic oxidation sites excluding steroid dienone is 2. The maximum absolute atomic E-state index is 13.5. The molecule has 258 valence electrons. The lowest BCUT2D eigenvalue weighted by Crippen LogP contribution is -2.51. The number of fused-ring (bicyclic) bond motifs is 5. The Balaban J connectivity index is 1.20. The first-order chi connectivity index (χ1) is 21.7. The SMILES string of the molecule is COC(C)(C)OC(C)Cc1ccn(OC(=O)C2CCC3(C)C(=CCC4C3CC[C@@]3(C)C4CC[C@@H]3[C@H](C)CCCC(C)C)C2)c(=S)c1. The molecule has 6 heteroatoms. The molecule has 0 bridgehead atoms. The van der Waals surface area contributed by atoms with Crippen molar-refractivity contribution in [3.05, 3.63) is 40.2 Å². The molecular formula is C40H63NO4S. The van der Waals surface area contributed by atoms with Gasteiger partial charge in [0.15, 0.2) is 5.79 Å².